The quantitative estimate of drug-likeness (QED) is 0.686. The predicted molar refractivity (Wildman–Crippen MR) is 76.9 cm³/mol. The third-order valence-electron chi connectivity index (χ3n) is 3.34. The molecule has 1 aromatic carbocycles. The van der Waals surface area contributed by atoms with E-state index in [-0.39, 0.29) is 11.8 Å². The highest BCUT2D eigenvalue weighted by molar-refractivity contribution is 6.00. The van der Waals surface area contributed by atoms with Gasteiger partial charge in [-0.25, -0.2) is 0 Å². The van der Waals surface area contributed by atoms with E-state index in [4.69, 9.17) is 0 Å². The van der Waals surface area contributed by atoms with Crippen LogP contribution in [-0.4, -0.2) is 30.3 Å². The summed E-state index contributed by atoms with van der Waals surface area (Å²) in [5.74, 6) is 0.918. The number of hydrogen-bond donors (Lipinski definition) is 0. The Hall–Kier alpha value is -1.15. The van der Waals surface area contributed by atoms with E-state index in [0.717, 1.165) is 24.9 Å². The Morgan fingerprint density at radius 1 is 1.22 bits per heavy atom. The first-order valence-electron chi connectivity index (χ1n) is 6.85. The Morgan fingerprint density at radius 3 is 2.33 bits per heavy atom. The minimum Gasteiger partial charge on any atom is -0.296 e. The van der Waals surface area contributed by atoms with Gasteiger partial charge in [-0.05, 0) is 32.4 Å². The van der Waals surface area contributed by atoms with Crippen LogP contribution in [-0.2, 0) is 0 Å². The molecule has 1 atom stereocenters. The minimum atomic E-state index is 0.00569. The fraction of sp³-hybridized carbons (Fsp3) is 0.562. The number of Topliss-reactive ketones (excluding diaryl/α,β-unsaturated/α-hetero) is 1. The maximum Gasteiger partial charge on any atom is 0.179 e. The summed E-state index contributed by atoms with van der Waals surface area (Å²) in [6.07, 6.45) is 2.00. The van der Waals surface area contributed by atoms with E-state index in [0.29, 0.717) is 5.92 Å². The number of carbonyl (C=O) groups excluding carboxylic acids is 1. The van der Waals surface area contributed by atoms with Crippen LogP contribution in [0.1, 0.15) is 44.0 Å². The summed E-state index contributed by atoms with van der Waals surface area (Å²) in [4.78, 5) is 14.6. The van der Waals surface area contributed by atoms with Gasteiger partial charge in [0.05, 0.1) is 6.04 Å². The van der Waals surface area contributed by atoms with Gasteiger partial charge >= 0.3 is 0 Å². The van der Waals surface area contributed by atoms with E-state index < -0.39 is 0 Å². The Labute approximate surface area is 111 Å². The van der Waals surface area contributed by atoms with Crippen molar-refractivity contribution in [2.75, 3.05) is 13.6 Å². The predicted octanol–water partition coefficient (Wildman–Crippen LogP) is 3.63. The van der Waals surface area contributed by atoms with Gasteiger partial charge in [-0.1, -0.05) is 51.1 Å². The van der Waals surface area contributed by atoms with Gasteiger partial charge in [0.25, 0.3) is 0 Å². The molecule has 0 spiro atoms. The molecule has 0 aliphatic heterocycles. The van der Waals surface area contributed by atoms with E-state index in [1.54, 1.807) is 0 Å². The fourth-order valence-electron chi connectivity index (χ4n) is 2.11. The van der Waals surface area contributed by atoms with Gasteiger partial charge in [0.2, 0.25) is 0 Å². The number of hydrogen-bond acceptors (Lipinski definition) is 2. The molecule has 0 saturated heterocycles. The summed E-state index contributed by atoms with van der Waals surface area (Å²) in [7, 11) is 2.05. The van der Waals surface area contributed by atoms with E-state index in [1.807, 2.05) is 30.3 Å². The molecule has 1 unspecified atom stereocenters. The maximum absolute atomic E-state index is 12.4. The largest absolute Gasteiger partial charge is 0.296 e. The van der Waals surface area contributed by atoms with Gasteiger partial charge in [-0.3, -0.25) is 9.69 Å². The van der Waals surface area contributed by atoms with Crippen LogP contribution < -0.4 is 0 Å². The Balaban J connectivity index is 2.68. The molecule has 0 amide bonds. The number of carbonyl (C=O) groups is 1. The van der Waals surface area contributed by atoms with Crippen LogP contribution in [0.4, 0.5) is 0 Å². The van der Waals surface area contributed by atoms with Crippen LogP contribution in [0.2, 0.25) is 0 Å². The van der Waals surface area contributed by atoms with E-state index >= 15 is 0 Å². The molecule has 100 valence electrons. The average molecular weight is 247 g/mol. The van der Waals surface area contributed by atoms with Crippen molar-refractivity contribution in [3.05, 3.63) is 35.9 Å². The topological polar surface area (TPSA) is 20.3 Å². The average Bonchev–Trinajstić information content (AvgIpc) is 2.38. The molecule has 1 aromatic rings. The smallest absolute Gasteiger partial charge is 0.179 e. The summed E-state index contributed by atoms with van der Waals surface area (Å²) in [6.45, 7) is 7.49. The first-order chi connectivity index (χ1) is 8.56. The zero-order valence-electron chi connectivity index (χ0n) is 12.0. The van der Waals surface area contributed by atoms with Gasteiger partial charge in [-0.2, -0.15) is 0 Å². The van der Waals surface area contributed by atoms with Crippen molar-refractivity contribution >= 4 is 5.78 Å². The molecule has 0 radical (unpaired) electrons. The van der Waals surface area contributed by atoms with Crippen molar-refractivity contribution in [2.24, 2.45) is 5.92 Å². The van der Waals surface area contributed by atoms with Crippen LogP contribution in [0.5, 0.6) is 0 Å². The van der Waals surface area contributed by atoms with Crippen LogP contribution in [0, 0.1) is 5.92 Å². The summed E-state index contributed by atoms with van der Waals surface area (Å²) < 4.78 is 0. The molecular formula is C16H25NO. The molecule has 2 heteroatoms. The Kier molecular flexibility index (Phi) is 6.06. The first-order valence-corrected chi connectivity index (χ1v) is 6.85. The van der Waals surface area contributed by atoms with Crippen LogP contribution in [0.3, 0.4) is 0 Å². The standard InChI is InChI=1S/C16H25NO/c1-5-15(17(4)12-11-13(2)3)16(18)14-9-7-6-8-10-14/h6-10,13,15H,5,11-12H2,1-4H3. The normalized spacial score (nSPS) is 13.0. The molecule has 18 heavy (non-hydrogen) atoms. The van der Waals surface area contributed by atoms with E-state index in [9.17, 15) is 4.79 Å². The highest BCUT2D eigenvalue weighted by atomic mass is 16.1. The number of nitrogens with zero attached hydrogens (tertiary/aromatic N) is 1. The lowest BCUT2D eigenvalue weighted by atomic mass is 10.0. The van der Waals surface area contributed by atoms with Gasteiger partial charge < -0.3 is 0 Å². The maximum atomic E-state index is 12.4. The van der Waals surface area contributed by atoms with Crippen molar-refractivity contribution in [1.82, 2.24) is 4.90 Å². The third kappa shape index (κ3) is 4.26. The summed E-state index contributed by atoms with van der Waals surface area (Å²) in [6, 6.07) is 9.61. The minimum absolute atomic E-state index is 0.00569. The second-order valence-electron chi connectivity index (χ2n) is 5.32. The zero-order valence-corrected chi connectivity index (χ0v) is 12.0. The molecule has 0 aliphatic rings. The highest BCUT2D eigenvalue weighted by Gasteiger charge is 2.22. The van der Waals surface area contributed by atoms with Crippen molar-refractivity contribution in [1.29, 1.82) is 0 Å². The first kappa shape index (κ1) is 14.9. The van der Waals surface area contributed by atoms with Gasteiger partial charge in [-0.15, -0.1) is 0 Å². The molecular weight excluding hydrogens is 222 g/mol. The van der Waals surface area contributed by atoms with E-state index in [2.05, 4.69) is 32.7 Å². The SMILES string of the molecule is CCC(C(=O)c1ccccc1)N(C)CCC(C)C. The Morgan fingerprint density at radius 2 is 1.83 bits per heavy atom. The molecule has 0 aromatic heterocycles. The molecule has 0 N–H and O–H groups in total. The molecule has 0 saturated carbocycles. The molecule has 0 aliphatic carbocycles. The van der Waals surface area contributed by atoms with Gasteiger partial charge in [0.1, 0.15) is 0 Å². The van der Waals surface area contributed by atoms with E-state index in [1.165, 1.54) is 0 Å². The fourth-order valence-corrected chi connectivity index (χ4v) is 2.11. The summed E-state index contributed by atoms with van der Waals surface area (Å²) in [5.41, 5.74) is 0.820. The molecule has 2 nitrogen and oxygen atoms in total. The Bertz CT molecular complexity index is 359. The van der Waals surface area contributed by atoms with Crippen LogP contribution >= 0.6 is 0 Å². The zero-order chi connectivity index (χ0) is 13.5. The van der Waals surface area contributed by atoms with Gasteiger partial charge in [0.15, 0.2) is 5.78 Å². The lowest BCUT2D eigenvalue weighted by Crippen LogP contribution is -2.39. The highest BCUT2D eigenvalue weighted by Crippen LogP contribution is 2.12. The summed E-state index contributed by atoms with van der Waals surface area (Å²) in [5, 5.41) is 0. The molecule has 0 heterocycles. The second kappa shape index (κ2) is 7.32. The molecule has 0 fully saturated rings. The molecule has 1 rings (SSSR count). The number of likely N-dealkylation sites (N-methyl/N-ethyl adjacent to an activating group) is 1. The lowest BCUT2D eigenvalue weighted by Gasteiger charge is -2.26. The van der Waals surface area contributed by atoms with Crippen LogP contribution in [0.15, 0.2) is 30.3 Å². The number of ketones is 1. The lowest BCUT2D eigenvalue weighted by molar-refractivity contribution is 0.0841. The third-order valence-corrected chi connectivity index (χ3v) is 3.34. The van der Waals surface area contributed by atoms with Crippen molar-refractivity contribution in [3.8, 4) is 0 Å². The number of benzene rings is 1. The summed E-state index contributed by atoms with van der Waals surface area (Å²) >= 11 is 0. The second-order valence-corrected chi connectivity index (χ2v) is 5.32. The van der Waals surface area contributed by atoms with Crippen molar-refractivity contribution in [3.63, 3.8) is 0 Å². The van der Waals surface area contributed by atoms with Crippen molar-refractivity contribution in [2.45, 2.75) is 39.7 Å². The monoisotopic (exact) mass is 247 g/mol. The van der Waals surface area contributed by atoms with Gasteiger partial charge in [0, 0.05) is 5.56 Å². The molecule has 0 bridgehead atoms. The number of rotatable bonds is 7. The van der Waals surface area contributed by atoms with Crippen molar-refractivity contribution < 1.29 is 4.79 Å². The van der Waals surface area contributed by atoms with Crippen LogP contribution in [0.25, 0.3) is 0 Å².